The van der Waals surface area contributed by atoms with E-state index in [1.165, 1.54) is 0 Å². The maximum atomic E-state index is 5.59. The van der Waals surface area contributed by atoms with Crippen LogP contribution in [0.2, 0.25) is 0 Å². The standard InChI is InChI=1S/C11H8Br2N2O/c12-7-1-3-9(4-2-7)16-11-10(13)5-8(14)6-15-11/h1-6H,14H2. The lowest BCUT2D eigenvalue weighted by Crippen LogP contribution is -1.92. The summed E-state index contributed by atoms with van der Waals surface area (Å²) in [4.78, 5) is 4.09. The van der Waals surface area contributed by atoms with Gasteiger partial charge in [-0.05, 0) is 46.3 Å². The molecular formula is C11H8Br2N2O. The molecule has 0 spiro atoms. The van der Waals surface area contributed by atoms with Gasteiger partial charge in [-0.2, -0.15) is 0 Å². The minimum absolute atomic E-state index is 0.497. The van der Waals surface area contributed by atoms with E-state index >= 15 is 0 Å². The third kappa shape index (κ3) is 2.74. The predicted molar refractivity (Wildman–Crippen MR) is 70.6 cm³/mol. The molecule has 0 aliphatic rings. The fourth-order valence-electron chi connectivity index (χ4n) is 1.13. The van der Waals surface area contributed by atoms with Crippen LogP contribution in [0.25, 0.3) is 0 Å². The van der Waals surface area contributed by atoms with Gasteiger partial charge in [-0.25, -0.2) is 4.98 Å². The first-order valence-corrected chi connectivity index (χ1v) is 6.08. The molecule has 0 bridgehead atoms. The van der Waals surface area contributed by atoms with Gasteiger partial charge in [0, 0.05) is 4.47 Å². The van der Waals surface area contributed by atoms with E-state index in [0.717, 1.165) is 14.7 Å². The third-order valence-corrected chi connectivity index (χ3v) is 2.95. The Hall–Kier alpha value is -1.07. The highest BCUT2D eigenvalue weighted by atomic mass is 79.9. The van der Waals surface area contributed by atoms with E-state index in [2.05, 4.69) is 36.8 Å². The SMILES string of the molecule is Nc1cnc(Oc2ccc(Br)cc2)c(Br)c1. The van der Waals surface area contributed by atoms with Crippen molar-refractivity contribution in [1.29, 1.82) is 0 Å². The van der Waals surface area contributed by atoms with E-state index in [1.54, 1.807) is 12.3 Å². The van der Waals surface area contributed by atoms with E-state index in [9.17, 15) is 0 Å². The van der Waals surface area contributed by atoms with Crippen molar-refractivity contribution in [3.8, 4) is 11.6 Å². The molecule has 0 aliphatic heterocycles. The van der Waals surface area contributed by atoms with Gasteiger partial charge in [0.2, 0.25) is 5.88 Å². The van der Waals surface area contributed by atoms with Gasteiger partial charge in [-0.1, -0.05) is 15.9 Å². The number of nitrogens with zero attached hydrogens (tertiary/aromatic N) is 1. The van der Waals surface area contributed by atoms with E-state index in [-0.39, 0.29) is 0 Å². The van der Waals surface area contributed by atoms with Crippen LogP contribution in [0.4, 0.5) is 5.69 Å². The number of nitrogens with two attached hydrogens (primary N) is 1. The zero-order chi connectivity index (χ0) is 11.5. The zero-order valence-corrected chi connectivity index (χ0v) is 11.3. The van der Waals surface area contributed by atoms with Gasteiger partial charge in [0.1, 0.15) is 5.75 Å². The molecule has 0 atom stereocenters. The van der Waals surface area contributed by atoms with Crippen LogP contribution in [0.1, 0.15) is 0 Å². The summed E-state index contributed by atoms with van der Waals surface area (Å²) in [5.41, 5.74) is 6.18. The quantitative estimate of drug-likeness (QED) is 0.897. The molecule has 0 unspecified atom stereocenters. The molecule has 82 valence electrons. The molecule has 1 aromatic heterocycles. The summed E-state index contributed by atoms with van der Waals surface area (Å²) >= 11 is 6.70. The summed E-state index contributed by atoms with van der Waals surface area (Å²) < 4.78 is 7.32. The summed E-state index contributed by atoms with van der Waals surface area (Å²) in [7, 11) is 0. The lowest BCUT2D eigenvalue weighted by atomic mass is 10.3. The molecule has 2 rings (SSSR count). The van der Waals surface area contributed by atoms with Crippen LogP contribution >= 0.6 is 31.9 Å². The van der Waals surface area contributed by atoms with Crippen LogP contribution in [0.3, 0.4) is 0 Å². The van der Waals surface area contributed by atoms with Gasteiger partial charge in [0.15, 0.2) is 0 Å². The molecule has 0 saturated carbocycles. The number of anilines is 1. The van der Waals surface area contributed by atoms with Gasteiger partial charge in [0.25, 0.3) is 0 Å². The Morgan fingerprint density at radius 3 is 2.44 bits per heavy atom. The van der Waals surface area contributed by atoms with E-state index < -0.39 is 0 Å². The Labute approximate surface area is 110 Å². The zero-order valence-electron chi connectivity index (χ0n) is 8.15. The summed E-state index contributed by atoms with van der Waals surface area (Å²) in [5, 5.41) is 0. The molecule has 2 aromatic rings. The van der Waals surface area contributed by atoms with E-state index in [0.29, 0.717) is 11.6 Å². The number of halogens is 2. The minimum atomic E-state index is 0.497. The van der Waals surface area contributed by atoms with Crippen LogP contribution in [0.15, 0.2) is 45.5 Å². The van der Waals surface area contributed by atoms with Gasteiger partial charge >= 0.3 is 0 Å². The molecular weight excluding hydrogens is 336 g/mol. The van der Waals surface area contributed by atoms with Gasteiger partial charge in [-0.3, -0.25) is 0 Å². The van der Waals surface area contributed by atoms with Crippen molar-refractivity contribution in [3.63, 3.8) is 0 Å². The van der Waals surface area contributed by atoms with Gasteiger partial charge < -0.3 is 10.5 Å². The van der Waals surface area contributed by atoms with Crippen LogP contribution in [-0.4, -0.2) is 4.98 Å². The average Bonchev–Trinajstić information content (AvgIpc) is 2.25. The lowest BCUT2D eigenvalue weighted by molar-refractivity contribution is 0.460. The molecule has 16 heavy (non-hydrogen) atoms. The smallest absolute Gasteiger partial charge is 0.233 e. The summed E-state index contributed by atoms with van der Waals surface area (Å²) in [5.74, 6) is 1.22. The summed E-state index contributed by atoms with van der Waals surface area (Å²) in [6.45, 7) is 0. The van der Waals surface area contributed by atoms with Crippen molar-refractivity contribution in [2.75, 3.05) is 5.73 Å². The molecule has 0 radical (unpaired) electrons. The molecule has 5 heteroatoms. The monoisotopic (exact) mass is 342 g/mol. The number of rotatable bonds is 2. The van der Waals surface area contributed by atoms with Crippen molar-refractivity contribution in [2.45, 2.75) is 0 Å². The van der Waals surface area contributed by atoms with Gasteiger partial charge in [0.05, 0.1) is 16.4 Å². The number of nitrogen functional groups attached to an aromatic ring is 1. The second-order valence-corrected chi connectivity index (χ2v) is 4.88. The highest BCUT2D eigenvalue weighted by molar-refractivity contribution is 9.10. The van der Waals surface area contributed by atoms with Gasteiger partial charge in [-0.15, -0.1) is 0 Å². The highest BCUT2D eigenvalue weighted by Gasteiger charge is 2.04. The van der Waals surface area contributed by atoms with E-state index in [1.807, 2.05) is 24.3 Å². The highest BCUT2D eigenvalue weighted by Crippen LogP contribution is 2.29. The first kappa shape index (κ1) is 11.4. The maximum absolute atomic E-state index is 5.59. The Bertz CT molecular complexity index is 500. The molecule has 3 nitrogen and oxygen atoms in total. The minimum Gasteiger partial charge on any atom is -0.438 e. The van der Waals surface area contributed by atoms with Crippen LogP contribution in [0.5, 0.6) is 11.6 Å². The fraction of sp³-hybridized carbons (Fsp3) is 0. The average molecular weight is 344 g/mol. The Kier molecular flexibility index (Phi) is 3.46. The first-order chi connectivity index (χ1) is 7.65. The second-order valence-electron chi connectivity index (χ2n) is 3.11. The number of benzene rings is 1. The number of ether oxygens (including phenoxy) is 1. The van der Waals surface area contributed by atoms with Crippen LogP contribution in [0, 0.1) is 0 Å². The number of pyridine rings is 1. The van der Waals surface area contributed by atoms with Crippen molar-refractivity contribution >= 4 is 37.5 Å². The van der Waals surface area contributed by atoms with Crippen molar-refractivity contribution < 1.29 is 4.74 Å². The number of hydrogen-bond donors (Lipinski definition) is 1. The van der Waals surface area contributed by atoms with Crippen molar-refractivity contribution in [2.24, 2.45) is 0 Å². The maximum Gasteiger partial charge on any atom is 0.233 e. The molecule has 1 aromatic carbocycles. The third-order valence-electron chi connectivity index (χ3n) is 1.86. The Morgan fingerprint density at radius 2 is 1.81 bits per heavy atom. The molecule has 0 aliphatic carbocycles. The number of aromatic nitrogens is 1. The molecule has 0 saturated heterocycles. The van der Waals surface area contributed by atoms with Crippen LogP contribution in [-0.2, 0) is 0 Å². The van der Waals surface area contributed by atoms with Crippen molar-refractivity contribution in [3.05, 3.63) is 45.5 Å². The largest absolute Gasteiger partial charge is 0.438 e. The predicted octanol–water partition coefficient (Wildman–Crippen LogP) is 3.98. The molecule has 0 fully saturated rings. The molecule has 0 amide bonds. The van der Waals surface area contributed by atoms with Crippen molar-refractivity contribution in [1.82, 2.24) is 4.98 Å². The molecule has 1 heterocycles. The number of hydrogen-bond acceptors (Lipinski definition) is 3. The van der Waals surface area contributed by atoms with E-state index in [4.69, 9.17) is 10.5 Å². The second kappa shape index (κ2) is 4.84. The summed E-state index contributed by atoms with van der Waals surface area (Å²) in [6.07, 6.45) is 1.55. The first-order valence-electron chi connectivity index (χ1n) is 4.49. The Morgan fingerprint density at radius 1 is 1.12 bits per heavy atom. The fourth-order valence-corrected chi connectivity index (χ4v) is 1.84. The lowest BCUT2D eigenvalue weighted by Gasteiger charge is -2.06. The Balaban J connectivity index is 2.23. The normalized spacial score (nSPS) is 10.1. The molecule has 2 N–H and O–H groups in total. The summed E-state index contributed by atoms with van der Waals surface area (Å²) in [6, 6.07) is 9.27. The topological polar surface area (TPSA) is 48.1 Å². The van der Waals surface area contributed by atoms with Crippen LogP contribution < -0.4 is 10.5 Å².